The number of carbonyl (C=O) groups excluding carboxylic acids is 2. The maximum absolute atomic E-state index is 13.0. The second-order valence-electron chi connectivity index (χ2n) is 5.00. The fraction of sp³-hybridized carbons (Fsp3) is 0.0667. The molecule has 4 heterocycles. The largest absolute Gasteiger partial charge is 0.503 e. The minimum absolute atomic E-state index is 0.0609. The Bertz CT molecular complexity index is 979. The summed E-state index contributed by atoms with van der Waals surface area (Å²) in [5, 5.41) is 22.1. The number of hydrogen-bond donors (Lipinski definition) is 1. The Morgan fingerprint density at radius 2 is 2.08 bits per heavy atom. The number of aromatic nitrogens is 2. The van der Waals surface area contributed by atoms with E-state index in [9.17, 15) is 14.7 Å². The van der Waals surface area contributed by atoms with E-state index in [1.54, 1.807) is 17.5 Å². The van der Waals surface area contributed by atoms with Gasteiger partial charge in [0.2, 0.25) is 10.9 Å². The Labute approximate surface area is 162 Å². The number of aliphatic hydroxyl groups is 1. The third-order valence-corrected chi connectivity index (χ3v) is 7.13. The molecular weight excluding hydrogens is 446 g/mol. The van der Waals surface area contributed by atoms with Crippen LogP contribution in [0, 0.1) is 0 Å². The van der Waals surface area contributed by atoms with Crippen LogP contribution in [-0.4, -0.2) is 27.0 Å². The molecule has 1 N–H and O–H groups in total. The van der Waals surface area contributed by atoms with Crippen molar-refractivity contribution < 1.29 is 14.7 Å². The van der Waals surface area contributed by atoms with Crippen LogP contribution in [0.4, 0.5) is 5.13 Å². The molecule has 0 bridgehead atoms. The van der Waals surface area contributed by atoms with Gasteiger partial charge in [0.1, 0.15) is 11.6 Å². The summed E-state index contributed by atoms with van der Waals surface area (Å²) in [4.78, 5) is 28.2. The van der Waals surface area contributed by atoms with Gasteiger partial charge in [-0.25, -0.2) is 0 Å². The molecular formula is C15H8BrN3O3S3. The molecule has 0 fully saturated rings. The van der Waals surface area contributed by atoms with Gasteiger partial charge in [0.15, 0.2) is 5.76 Å². The van der Waals surface area contributed by atoms with Crippen LogP contribution < -0.4 is 4.90 Å². The van der Waals surface area contributed by atoms with Crippen molar-refractivity contribution in [2.75, 3.05) is 4.90 Å². The van der Waals surface area contributed by atoms with E-state index in [1.165, 1.54) is 44.4 Å². The summed E-state index contributed by atoms with van der Waals surface area (Å²) in [7, 11) is 0. The second kappa shape index (κ2) is 6.45. The average Bonchev–Trinajstić information content (AvgIpc) is 3.36. The first-order valence-electron chi connectivity index (χ1n) is 6.93. The van der Waals surface area contributed by atoms with Gasteiger partial charge in [0.25, 0.3) is 5.91 Å². The second-order valence-corrected chi connectivity index (χ2v) is 8.56. The molecule has 6 nitrogen and oxygen atoms in total. The van der Waals surface area contributed by atoms with E-state index in [4.69, 9.17) is 0 Å². The lowest BCUT2D eigenvalue weighted by Gasteiger charge is -2.23. The van der Waals surface area contributed by atoms with Crippen molar-refractivity contribution in [2.45, 2.75) is 6.04 Å². The van der Waals surface area contributed by atoms with Gasteiger partial charge in [-0.05, 0) is 38.8 Å². The normalized spacial score (nSPS) is 17.6. The van der Waals surface area contributed by atoms with Gasteiger partial charge in [-0.15, -0.1) is 32.9 Å². The van der Waals surface area contributed by atoms with E-state index < -0.39 is 17.7 Å². The monoisotopic (exact) mass is 453 g/mol. The van der Waals surface area contributed by atoms with Crippen LogP contribution in [0.3, 0.4) is 0 Å². The van der Waals surface area contributed by atoms with E-state index in [2.05, 4.69) is 26.1 Å². The highest BCUT2D eigenvalue weighted by atomic mass is 79.9. The van der Waals surface area contributed by atoms with Crippen LogP contribution in [-0.2, 0) is 4.79 Å². The van der Waals surface area contributed by atoms with Crippen LogP contribution in [0.15, 0.2) is 50.3 Å². The molecule has 10 heteroatoms. The summed E-state index contributed by atoms with van der Waals surface area (Å²) < 4.78 is 0.760. The summed E-state index contributed by atoms with van der Waals surface area (Å²) in [6.07, 6.45) is 0. The minimum Gasteiger partial charge on any atom is -0.503 e. The lowest BCUT2D eigenvalue weighted by atomic mass is 10.0. The highest BCUT2D eigenvalue weighted by Crippen LogP contribution is 2.46. The summed E-state index contributed by atoms with van der Waals surface area (Å²) in [5.41, 5.74) is 1.56. The molecule has 4 rings (SSSR count). The lowest BCUT2D eigenvalue weighted by molar-refractivity contribution is -0.117. The molecule has 1 aliphatic rings. The minimum atomic E-state index is -0.746. The summed E-state index contributed by atoms with van der Waals surface area (Å²) in [6.45, 7) is 0. The molecule has 0 aliphatic carbocycles. The van der Waals surface area contributed by atoms with E-state index in [0.29, 0.717) is 10.0 Å². The number of carbonyl (C=O) groups is 2. The molecule has 1 atom stereocenters. The van der Waals surface area contributed by atoms with Crippen LogP contribution in [0.1, 0.15) is 20.6 Å². The Hall–Kier alpha value is -1.88. The molecule has 0 radical (unpaired) electrons. The number of Topliss-reactive ketones (excluding diaryl/α,β-unsaturated/α-hetero) is 1. The fourth-order valence-corrected chi connectivity index (χ4v) is 5.55. The van der Waals surface area contributed by atoms with Crippen molar-refractivity contribution in [2.24, 2.45) is 0 Å². The van der Waals surface area contributed by atoms with E-state index in [0.717, 1.165) is 9.35 Å². The Morgan fingerprint density at radius 3 is 2.68 bits per heavy atom. The number of ketones is 1. The number of nitrogens with zero attached hydrogens (tertiary/aromatic N) is 3. The number of anilines is 1. The van der Waals surface area contributed by atoms with Gasteiger partial charge < -0.3 is 5.11 Å². The number of aliphatic hydroxyl groups excluding tert-OH is 1. The summed E-state index contributed by atoms with van der Waals surface area (Å²) >= 11 is 7.29. The standard InChI is InChI=1S/C15H8BrN3O3S3/c16-7-3-5-24-13(7)10-9(11(20)8-2-1-4-23-8)12(21)14(22)19(10)15-18-17-6-25-15/h1-6,10,21H. The number of halogens is 1. The molecule has 0 saturated heterocycles. The predicted octanol–water partition coefficient (Wildman–Crippen LogP) is 4.21. The first-order chi connectivity index (χ1) is 12.1. The summed E-state index contributed by atoms with van der Waals surface area (Å²) in [6, 6.07) is 4.52. The number of hydrogen-bond acceptors (Lipinski definition) is 8. The van der Waals surface area contributed by atoms with Crippen LogP contribution >= 0.6 is 49.9 Å². The van der Waals surface area contributed by atoms with Crippen molar-refractivity contribution in [1.82, 2.24) is 10.2 Å². The molecule has 1 aliphatic heterocycles. The Balaban J connectivity index is 1.89. The van der Waals surface area contributed by atoms with Crippen LogP contribution in [0.25, 0.3) is 0 Å². The quantitative estimate of drug-likeness (QED) is 0.598. The molecule has 25 heavy (non-hydrogen) atoms. The lowest BCUT2D eigenvalue weighted by Crippen LogP contribution is -2.30. The van der Waals surface area contributed by atoms with Crippen molar-refractivity contribution in [3.63, 3.8) is 0 Å². The molecule has 126 valence electrons. The zero-order valence-electron chi connectivity index (χ0n) is 12.2. The number of rotatable bonds is 4. The van der Waals surface area contributed by atoms with Crippen molar-refractivity contribution >= 4 is 66.8 Å². The van der Waals surface area contributed by atoms with E-state index >= 15 is 0 Å². The van der Waals surface area contributed by atoms with Crippen molar-refractivity contribution in [1.29, 1.82) is 0 Å². The zero-order valence-corrected chi connectivity index (χ0v) is 16.3. The molecule has 1 amide bonds. The third-order valence-electron chi connectivity index (χ3n) is 3.65. The van der Waals surface area contributed by atoms with E-state index in [1.807, 2.05) is 11.4 Å². The molecule has 0 aromatic carbocycles. The van der Waals surface area contributed by atoms with Gasteiger partial charge in [0, 0.05) is 9.35 Å². The van der Waals surface area contributed by atoms with Gasteiger partial charge in [-0.3, -0.25) is 14.5 Å². The van der Waals surface area contributed by atoms with Gasteiger partial charge >= 0.3 is 0 Å². The first-order valence-corrected chi connectivity index (χ1v) is 10.4. The van der Waals surface area contributed by atoms with Crippen molar-refractivity contribution in [3.05, 3.63) is 60.0 Å². The zero-order chi connectivity index (χ0) is 17.6. The number of amides is 1. The van der Waals surface area contributed by atoms with Gasteiger partial charge in [-0.1, -0.05) is 17.4 Å². The van der Waals surface area contributed by atoms with Crippen LogP contribution in [0.2, 0.25) is 0 Å². The Kier molecular flexibility index (Phi) is 4.28. The molecule has 0 saturated carbocycles. The third kappa shape index (κ3) is 2.65. The average molecular weight is 454 g/mol. The maximum Gasteiger partial charge on any atom is 0.296 e. The highest BCUT2D eigenvalue weighted by molar-refractivity contribution is 9.10. The van der Waals surface area contributed by atoms with Gasteiger partial charge in [-0.2, -0.15) is 0 Å². The predicted molar refractivity (Wildman–Crippen MR) is 100 cm³/mol. The molecule has 1 unspecified atom stereocenters. The topological polar surface area (TPSA) is 83.4 Å². The highest BCUT2D eigenvalue weighted by Gasteiger charge is 2.47. The number of thiophene rings is 2. The molecule has 3 aromatic rings. The van der Waals surface area contributed by atoms with Gasteiger partial charge in [0.05, 0.1) is 10.5 Å². The van der Waals surface area contributed by atoms with Crippen LogP contribution in [0.5, 0.6) is 0 Å². The molecule has 3 aromatic heterocycles. The summed E-state index contributed by atoms with van der Waals surface area (Å²) in [5.74, 6) is -1.56. The fourth-order valence-electron chi connectivity index (χ4n) is 2.60. The molecule has 0 spiro atoms. The maximum atomic E-state index is 13.0. The SMILES string of the molecule is O=C(C1=C(O)C(=O)N(c2nncs2)C1c1sccc1Br)c1cccs1. The van der Waals surface area contributed by atoms with E-state index in [-0.39, 0.29) is 11.4 Å². The van der Waals surface area contributed by atoms with Crippen molar-refractivity contribution in [3.8, 4) is 0 Å². The smallest absolute Gasteiger partial charge is 0.296 e. The first kappa shape index (κ1) is 16.6. The Morgan fingerprint density at radius 1 is 1.24 bits per heavy atom.